The van der Waals surface area contributed by atoms with E-state index in [1.807, 2.05) is 30.3 Å². The topological polar surface area (TPSA) is 44.5 Å². The first kappa shape index (κ1) is 15.3. The van der Waals surface area contributed by atoms with Crippen LogP contribution >= 0.6 is 0 Å². The predicted molar refractivity (Wildman–Crippen MR) is 81.3 cm³/mol. The van der Waals surface area contributed by atoms with Crippen LogP contribution in [0.1, 0.15) is 17.9 Å². The van der Waals surface area contributed by atoms with Crippen molar-refractivity contribution in [3.05, 3.63) is 59.9 Å². The second kappa shape index (κ2) is 7.64. The van der Waals surface area contributed by atoms with E-state index in [0.717, 1.165) is 12.0 Å². The van der Waals surface area contributed by atoms with Gasteiger partial charge in [-0.05, 0) is 48.7 Å². The largest absolute Gasteiger partial charge is 0.493 e. The van der Waals surface area contributed by atoms with Crippen LogP contribution in [0.25, 0.3) is 0 Å². The zero-order valence-electron chi connectivity index (χ0n) is 12.1. The Hall–Kier alpha value is -2.07. The molecule has 0 fully saturated rings. The van der Waals surface area contributed by atoms with E-state index in [-0.39, 0.29) is 11.7 Å². The molecule has 0 saturated carbocycles. The van der Waals surface area contributed by atoms with Gasteiger partial charge in [-0.25, -0.2) is 4.39 Å². The minimum absolute atomic E-state index is 0.0791. The van der Waals surface area contributed by atoms with Crippen molar-refractivity contribution in [2.24, 2.45) is 5.73 Å². The molecule has 0 amide bonds. The molecule has 2 aromatic rings. The first-order valence-electron chi connectivity index (χ1n) is 6.96. The molecule has 2 N–H and O–H groups in total. The fraction of sp³-hybridized carbons (Fsp3) is 0.294. The molecule has 21 heavy (non-hydrogen) atoms. The normalized spacial score (nSPS) is 12.0. The Labute approximate surface area is 124 Å². The predicted octanol–water partition coefficient (Wildman–Crippen LogP) is 3.35. The fourth-order valence-electron chi connectivity index (χ4n) is 2.23. The average Bonchev–Trinajstić information content (AvgIpc) is 2.52. The van der Waals surface area contributed by atoms with Gasteiger partial charge in [0.25, 0.3) is 0 Å². The molecule has 0 saturated heterocycles. The Morgan fingerprint density at radius 3 is 2.52 bits per heavy atom. The van der Waals surface area contributed by atoms with Crippen molar-refractivity contribution in [2.75, 3.05) is 20.3 Å². The lowest BCUT2D eigenvalue weighted by Gasteiger charge is -2.16. The van der Waals surface area contributed by atoms with Crippen molar-refractivity contribution in [3.63, 3.8) is 0 Å². The van der Waals surface area contributed by atoms with Gasteiger partial charge in [0.15, 0.2) is 11.5 Å². The molecular weight excluding hydrogens is 269 g/mol. The monoisotopic (exact) mass is 289 g/mol. The maximum atomic E-state index is 13.3. The van der Waals surface area contributed by atoms with Gasteiger partial charge in [-0.3, -0.25) is 0 Å². The van der Waals surface area contributed by atoms with Gasteiger partial charge in [0.1, 0.15) is 5.82 Å². The number of para-hydroxylation sites is 2. The molecule has 2 aromatic carbocycles. The molecule has 3 nitrogen and oxygen atoms in total. The minimum Gasteiger partial charge on any atom is -0.493 e. The third-order valence-corrected chi connectivity index (χ3v) is 3.40. The fourth-order valence-corrected chi connectivity index (χ4v) is 2.23. The van der Waals surface area contributed by atoms with Gasteiger partial charge in [0.05, 0.1) is 13.7 Å². The SMILES string of the molecule is COc1ccccc1OCCC(CN)c1cccc(F)c1. The van der Waals surface area contributed by atoms with Gasteiger partial charge in [0.2, 0.25) is 0 Å². The maximum Gasteiger partial charge on any atom is 0.161 e. The van der Waals surface area contributed by atoms with Crippen LogP contribution in [0, 0.1) is 5.82 Å². The highest BCUT2D eigenvalue weighted by molar-refractivity contribution is 5.39. The third-order valence-electron chi connectivity index (χ3n) is 3.40. The smallest absolute Gasteiger partial charge is 0.161 e. The molecule has 112 valence electrons. The summed E-state index contributed by atoms with van der Waals surface area (Å²) in [4.78, 5) is 0. The number of hydrogen-bond acceptors (Lipinski definition) is 3. The summed E-state index contributed by atoms with van der Waals surface area (Å²) in [6.45, 7) is 0.956. The molecular formula is C17H20FNO2. The third kappa shape index (κ3) is 4.20. The molecule has 4 heteroatoms. The Bertz CT molecular complexity index is 574. The van der Waals surface area contributed by atoms with E-state index in [1.54, 1.807) is 13.2 Å². The van der Waals surface area contributed by atoms with Crippen molar-refractivity contribution < 1.29 is 13.9 Å². The molecule has 0 aliphatic carbocycles. The highest BCUT2D eigenvalue weighted by Gasteiger charge is 2.11. The lowest BCUT2D eigenvalue weighted by atomic mass is 9.96. The van der Waals surface area contributed by atoms with Gasteiger partial charge >= 0.3 is 0 Å². The van der Waals surface area contributed by atoms with Crippen LogP contribution in [0.5, 0.6) is 11.5 Å². The molecule has 0 aromatic heterocycles. The van der Waals surface area contributed by atoms with Crippen LogP contribution in [-0.2, 0) is 0 Å². The molecule has 1 unspecified atom stereocenters. The summed E-state index contributed by atoms with van der Waals surface area (Å²) in [5.74, 6) is 1.24. The number of benzene rings is 2. The number of rotatable bonds is 7. The molecule has 2 rings (SSSR count). The highest BCUT2D eigenvalue weighted by atomic mass is 19.1. The summed E-state index contributed by atoms with van der Waals surface area (Å²) >= 11 is 0. The zero-order valence-corrected chi connectivity index (χ0v) is 12.1. The molecule has 1 atom stereocenters. The second-order valence-electron chi connectivity index (χ2n) is 4.78. The van der Waals surface area contributed by atoms with Crippen LogP contribution in [0.15, 0.2) is 48.5 Å². The van der Waals surface area contributed by atoms with Gasteiger partial charge < -0.3 is 15.2 Å². The maximum absolute atomic E-state index is 13.3. The standard InChI is InChI=1S/C17H20FNO2/c1-20-16-7-2-3-8-17(16)21-10-9-14(12-19)13-5-4-6-15(18)11-13/h2-8,11,14H,9-10,12,19H2,1H3. The average molecular weight is 289 g/mol. The van der Waals surface area contributed by atoms with Crippen molar-refractivity contribution in [3.8, 4) is 11.5 Å². The quantitative estimate of drug-likeness (QED) is 0.850. The Morgan fingerprint density at radius 1 is 1.10 bits per heavy atom. The second-order valence-corrected chi connectivity index (χ2v) is 4.78. The summed E-state index contributed by atoms with van der Waals surface area (Å²) in [7, 11) is 1.61. The number of halogens is 1. The Morgan fingerprint density at radius 2 is 1.86 bits per heavy atom. The molecule has 0 heterocycles. The first-order chi connectivity index (χ1) is 10.2. The Balaban J connectivity index is 1.95. The molecule has 0 spiro atoms. The van der Waals surface area contributed by atoms with Gasteiger partial charge in [0, 0.05) is 0 Å². The summed E-state index contributed by atoms with van der Waals surface area (Å²) in [6.07, 6.45) is 0.720. The summed E-state index contributed by atoms with van der Waals surface area (Å²) in [5, 5.41) is 0. The van der Waals surface area contributed by atoms with E-state index < -0.39 is 0 Å². The van der Waals surface area contributed by atoms with E-state index in [1.165, 1.54) is 12.1 Å². The number of ether oxygens (including phenoxy) is 2. The van der Waals surface area contributed by atoms with Crippen LogP contribution < -0.4 is 15.2 Å². The molecule has 0 aliphatic heterocycles. The van der Waals surface area contributed by atoms with Crippen LogP contribution in [0.4, 0.5) is 4.39 Å². The summed E-state index contributed by atoms with van der Waals surface area (Å²) in [5.41, 5.74) is 6.69. The number of methoxy groups -OCH3 is 1. The summed E-state index contributed by atoms with van der Waals surface area (Å²) in [6, 6.07) is 14.0. The van der Waals surface area contributed by atoms with Gasteiger partial charge in [-0.1, -0.05) is 24.3 Å². The van der Waals surface area contributed by atoms with E-state index >= 15 is 0 Å². The van der Waals surface area contributed by atoms with Crippen molar-refractivity contribution in [2.45, 2.75) is 12.3 Å². The van der Waals surface area contributed by atoms with Crippen molar-refractivity contribution in [1.29, 1.82) is 0 Å². The number of nitrogens with two attached hydrogens (primary N) is 1. The lowest BCUT2D eigenvalue weighted by Crippen LogP contribution is -2.16. The van der Waals surface area contributed by atoms with E-state index in [2.05, 4.69) is 0 Å². The lowest BCUT2D eigenvalue weighted by molar-refractivity contribution is 0.280. The molecule has 0 bridgehead atoms. The van der Waals surface area contributed by atoms with E-state index in [0.29, 0.717) is 24.7 Å². The molecule has 0 radical (unpaired) electrons. The van der Waals surface area contributed by atoms with E-state index in [9.17, 15) is 4.39 Å². The number of hydrogen-bond donors (Lipinski definition) is 1. The molecule has 0 aliphatic rings. The zero-order chi connectivity index (χ0) is 15.1. The highest BCUT2D eigenvalue weighted by Crippen LogP contribution is 2.27. The van der Waals surface area contributed by atoms with Crippen LogP contribution in [-0.4, -0.2) is 20.3 Å². The Kier molecular flexibility index (Phi) is 5.58. The minimum atomic E-state index is -0.239. The summed E-state index contributed by atoms with van der Waals surface area (Å²) < 4.78 is 24.2. The van der Waals surface area contributed by atoms with Gasteiger partial charge in [-0.15, -0.1) is 0 Å². The van der Waals surface area contributed by atoms with Crippen LogP contribution in [0.3, 0.4) is 0 Å². The van der Waals surface area contributed by atoms with Crippen LogP contribution in [0.2, 0.25) is 0 Å². The van der Waals surface area contributed by atoms with Crippen molar-refractivity contribution >= 4 is 0 Å². The van der Waals surface area contributed by atoms with Gasteiger partial charge in [-0.2, -0.15) is 0 Å². The van der Waals surface area contributed by atoms with Crippen molar-refractivity contribution in [1.82, 2.24) is 0 Å². The first-order valence-corrected chi connectivity index (χ1v) is 6.96. The van der Waals surface area contributed by atoms with E-state index in [4.69, 9.17) is 15.2 Å².